The van der Waals surface area contributed by atoms with Crippen LogP contribution in [0, 0.1) is 0 Å². The van der Waals surface area contributed by atoms with E-state index < -0.39 is 0 Å². The number of hydrogen-bond donors (Lipinski definition) is 2. The average Bonchev–Trinajstić information content (AvgIpc) is 3.16. The second-order valence-electron chi connectivity index (χ2n) is 4.72. The molecule has 1 aliphatic rings. The van der Waals surface area contributed by atoms with Gasteiger partial charge in [-0.15, -0.1) is 23.1 Å². The Kier molecular flexibility index (Phi) is 5.03. The molecule has 0 saturated heterocycles. The zero-order valence-electron chi connectivity index (χ0n) is 11.5. The quantitative estimate of drug-likeness (QED) is 0.767. The number of thioether (sulfide) groups is 1. The third-order valence-electron chi connectivity index (χ3n) is 3.06. The van der Waals surface area contributed by atoms with Gasteiger partial charge in [0.25, 0.3) is 0 Å². The number of aliphatic hydroxyl groups excluding tert-OH is 1. The number of ether oxygens (including phenoxy) is 2. The van der Waals surface area contributed by atoms with Crippen LogP contribution in [0.4, 0.5) is 0 Å². The first-order chi connectivity index (χ1) is 10.3. The number of rotatable bonds is 7. The molecule has 21 heavy (non-hydrogen) atoms. The number of benzene rings is 1. The van der Waals surface area contributed by atoms with Gasteiger partial charge in [0.1, 0.15) is 0 Å². The minimum atomic E-state index is -0.355. The fourth-order valence-corrected chi connectivity index (χ4v) is 3.76. The van der Waals surface area contributed by atoms with E-state index in [-0.39, 0.29) is 6.10 Å². The molecule has 1 aromatic heterocycles. The highest BCUT2D eigenvalue weighted by molar-refractivity contribution is 8.01. The Balaban J connectivity index is 1.39. The lowest BCUT2D eigenvalue weighted by Crippen LogP contribution is -2.28. The van der Waals surface area contributed by atoms with Gasteiger partial charge in [-0.1, -0.05) is 12.1 Å². The van der Waals surface area contributed by atoms with Gasteiger partial charge in [-0.05, 0) is 29.1 Å². The summed E-state index contributed by atoms with van der Waals surface area (Å²) < 4.78 is 11.9. The molecule has 2 heterocycles. The lowest BCUT2D eigenvalue weighted by molar-refractivity contribution is 0.174. The van der Waals surface area contributed by atoms with Crippen molar-refractivity contribution in [1.29, 1.82) is 0 Å². The van der Waals surface area contributed by atoms with Crippen molar-refractivity contribution in [3.05, 3.63) is 41.3 Å². The van der Waals surface area contributed by atoms with E-state index in [1.165, 1.54) is 4.21 Å². The van der Waals surface area contributed by atoms with Crippen molar-refractivity contribution < 1.29 is 14.6 Å². The van der Waals surface area contributed by atoms with Gasteiger partial charge in [0.2, 0.25) is 6.79 Å². The van der Waals surface area contributed by atoms with E-state index in [1.54, 1.807) is 23.1 Å². The maximum Gasteiger partial charge on any atom is 0.231 e. The van der Waals surface area contributed by atoms with Crippen molar-refractivity contribution in [3.8, 4) is 11.5 Å². The molecule has 0 aliphatic carbocycles. The Morgan fingerprint density at radius 1 is 1.29 bits per heavy atom. The molecule has 0 fully saturated rings. The summed E-state index contributed by atoms with van der Waals surface area (Å²) in [4.78, 5) is 0. The monoisotopic (exact) mass is 323 g/mol. The molecule has 0 amide bonds. The zero-order chi connectivity index (χ0) is 14.5. The Labute approximate surface area is 132 Å². The predicted molar refractivity (Wildman–Crippen MR) is 85.3 cm³/mol. The van der Waals surface area contributed by atoms with Gasteiger partial charge in [-0.3, -0.25) is 0 Å². The van der Waals surface area contributed by atoms with E-state index in [0.29, 0.717) is 25.6 Å². The summed E-state index contributed by atoms with van der Waals surface area (Å²) in [5.74, 6) is 2.29. The summed E-state index contributed by atoms with van der Waals surface area (Å²) in [5.41, 5.74) is 1.12. The molecule has 0 saturated carbocycles. The molecule has 6 heteroatoms. The van der Waals surface area contributed by atoms with E-state index in [9.17, 15) is 5.11 Å². The Hall–Kier alpha value is -1.21. The zero-order valence-corrected chi connectivity index (χ0v) is 13.1. The first-order valence-electron chi connectivity index (χ1n) is 6.75. The third kappa shape index (κ3) is 4.14. The number of aliphatic hydroxyl groups is 1. The lowest BCUT2D eigenvalue weighted by atomic mass is 10.2. The summed E-state index contributed by atoms with van der Waals surface area (Å²) in [7, 11) is 0. The molecule has 112 valence electrons. The van der Waals surface area contributed by atoms with Crippen molar-refractivity contribution in [1.82, 2.24) is 5.32 Å². The summed E-state index contributed by atoms with van der Waals surface area (Å²) in [5, 5.41) is 15.3. The van der Waals surface area contributed by atoms with E-state index in [4.69, 9.17) is 9.47 Å². The second-order valence-corrected chi connectivity index (χ2v) is 6.98. The summed E-state index contributed by atoms with van der Waals surface area (Å²) in [6, 6.07) is 10.00. The standard InChI is InChI=1S/C15H17NO3S2/c17-12(9-21-15-2-1-5-20-15)8-16-7-11-3-4-13-14(6-11)19-10-18-13/h1-6,12,16-17H,7-10H2/t12-/m1/s1. The van der Waals surface area contributed by atoms with Crippen LogP contribution >= 0.6 is 23.1 Å². The molecule has 2 aromatic rings. The molecule has 4 nitrogen and oxygen atoms in total. The third-order valence-corrected chi connectivity index (χ3v) is 5.33. The van der Waals surface area contributed by atoms with Gasteiger partial charge in [-0.25, -0.2) is 0 Å². The van der Waals surface area contributed by atoms with Crippen LogP contribution in [0.25, 0.3) is 0 Å². The number of nitrogens with one attached hydrogen (secondary N) is 1. The first kappa shape index (κ1) is 14.7. The van der Waals surface area contributed by atoms with Crippen molar-refractivity contribution in [3.63, 3.8) is 0 Å². The molecule has 0 radical (unpaired) electrons. The molecular weight excluding hydrogens is 306 g/mol. The SMILES string of the molecule is O[C@H](CNCc1ccc2c(c1)OCO2)CSc1cccs1. The Morgan fingerprint density at radius 3 is 3.05 bits per heavy atom. The van der Waals surface area contributed by atoms with E-state index in [2.05, 4.69) is 11.4 Å². The van der Waals surface area contributed by atoms with E-state index in [0.717, 1.165) is 17.1 Å². The van der Waals surface area contributed by atoms with Crippen LogP contribution in [0.15, 0.2) is 39.9 Å². The highest BCUT2D eigenvalue weighted by Crippen LogP contribution is 2.32. The van der Waals surface area contributed by atoms with Crippen LogP contribution in [0.2, 0.25) is 0 Å². The van der Waals surface area contributed by atoms with Crippen LogP contribution in [-0.2, 0) is 6.54 Å². The Morgan fingerprint density at radius 2 is 2.19 bits per heavy atom. The van der Waals surface area contributed by atoms with Crippen molar-refractivity contribution in [2.75, 3.05) is 19.1 Å². The topological polar surface area (TPSA) is 50.7 Å². The van der Waals surface area contributed by atoms with Crippen LogP contribution in [0.1, 0.15) is 5.56 Å². The maximum atomic E-state index is 9.96. The summed E-state index contributed by atoms with van der Waals surface area (Å²) in [6.07, 6.45) is -0.355. The number of thiophene rings is 1. The van der Waals surface area contributed by atoms with Gasteiger partial charge in [0, 0.05) is 18.8 Å². The smallest absolute Gasteiger partial charge is 0.231 e. The largest absolute Gasteiger partial charge is 0.454 e. The number of hydrogen-bond acceptors (Lipinski definition) is 6. The average molecular weight is 323 g/mol. The van der Waals surface area contributed by atoms with Crippen molar-refractivity contribution in [2.45, 2.75) is 16.9 Å². The van der Waals surface area contributed by atoms with E-state index in [1.807, 2.05) is 29.6 Å². The minimum absolute atomic E-state index is 0.297. The van der Waals surface area contributed by atoms with Gasteiger partial charge in [0.15, 0.2) is 11.5 Å². The maximum absolute atomic E-state index is 9.96. The van der Waals surface area contributed by atoms with Gasteiger partial charge < -0.3 is 19.9 Å². The molecule has 1 atom stereocenters. The fourth-order valence-electron chi connectivity index (χ4n) is 2.02. The van der Waals surface area contributed by atoms with Crippen molar-refractivity contribution in [2.24, 2.45) is 0 Å². The van der Waals surface area contributed by atoms with Crippen molar-refractivity contribution >= 4 is 23.1 Å². The lowest BCUT2D eigenvalue weighted by Gasteiger charge is -2.11. The highest BCUT2D eigenvalue weighted by atomic mass is 32.2. The van der Waals surface area contributed by atoms with Crippen LogP contribution in [0.3, 0.4) is 0 Å². The molecule has 3 rings (SSSR count). The van der Waals surface area contributed by atoms with E-state index >= 15 is 0 Å². The molecule has 1 aromatic carbocycles. The Bertz CT molecular complexity index is 574. The van der Waals surface area contributed by atoms with Crippen LogP contribution in [-0.4, -0.2) is 30.3 Å². The second kappa shape index (κ2) is 7.17. The highest BCUT2D eigenvalue weighted by Gasteiger charge is 2.13. The molecular formula is C15H17NO3S2. The normalized spacial score (nSPS) is 14.3. The summed E-state index contributed by atoms with van der Waals surface area (Å²) >= 11 is 3.39. The minimum Gasteiger partial charge on any atom is -0.454 e. The first-order valence-corrected chi connectivity index (χ1v) is 8.61. The van der Waals surface area contributed by atoms with Crippen LogP contribution < -0.4 is 14.8 Å². The molecule has 0 spiro atoms. The predicted octanol–water partition coefficient (Wildman–Crippen LogP) is 2.72. The fraction of sp³-hybridized carbons (Fsp3) is 0.333. The van der Waals surface area contributed by atoms with Gasteiger partial charge >= 0.3 is 0 Å². The number of fused-ring (bicyclic) bond motifs is 1. The molecule has 2 N–H and O–H groups in total. The molecule has 0 bridgehead atoms. The van der Waals surface area contributed by atoms with Gasteiger partial charge in [-0.2, -0.15) is 0 Å². The van der Waals surface area contributed by atoms with Crippen LogP contribution in [0.5, 0.6) is 11.5 Å². The molecule has 1 aliphatic heterocycles. The summed E-state index contributed by atoms with van der Waals surface area (Å²) in [6.45, 7) is 1.58. The molecule has 0 unspecified atom stereocenters. The van der Waals surface area contributed by atoms with Gasteiger partial charge in [0.05, 0.1) is 10.3 Å².